The third-order valence-corrected chi connectivity index (χ3v) is 2.65. The molecular formula is C13H16F4O4. The summed E-state index contributed by atoms with van der Waals surface area (Å²) in [6, 6.07) is 4.48. The predicted octanol–water partition coefficient (Wildman–Crippen LogP) is 2.65. The van der Waals surface area contributed by atoms with Gasteiger partial charge in [0.2, 0.25) is 0 Å². The number of alkyl halides is 4. The largest absolute Gasteiger partial charge is 0.497 e. The van der Waals surface area contributed by atoms with Crippen LogP contribution in [0.25, 0.3) is 0 Å². The number of halogens is 4. The van der Waals surface area contributed by atoms with Gasteiger partial charge >= 0.3 is 12.3 Å². The average molecular weight is 312 g/mol. The molecule has 0 amide bonds. The summed E-state index contributed by atoms with van der Waals surface area (Å²) in [6.07, 6.45) is -5.09. The minimum atomic E-state index is -4.24. The van der Waals surface area contributed by atoms with E-state index in [4.69, 9.17) is 9.47 Å². The van der Waals surface area contributed by atoms with E-state index in [1.807, 2.05) is 0 Å². The number of aliphatic hydroxyl groups is 1. The van der Waals surface area contributed by atoms with Crippen LogP contribution in [-0.4, -0.2) is 44.9 Å². The second kappa shape index (κ2) is 7.46. The van der Waals surface area contributed by atoms with Crippen molar-refractivity contribution in [1.29, 1.82) is 0 Å². The standard InChI is InChI=1S/C13H16F4O4/c1-19-9-3-8(4-10(5-9)20-2)11(18)6-21-7-13(16,17)12(14)15/h3-5,11-12,18H,6-7H2,1-2H3. The lowest BCUT2D eigenvalue weighted by molar-refractivity contribution is -0.170. The molecule has 120 valence electrons. The van der Waals surface area contributed by atoms with Crippen molar-refractivity contribution in [2.24, 2.45) is 0 Å². The van der Waals surface area contributed by atoms with E-state index in [2.05, 4.69) is 4.74 Å². The summed E-state index contributed by atoms with van der Waals surface area (Å²) < 4.78 is 63.6. The van der Waals surface area contributed by atoms with Crippen molar-refractivity contribution >= 4 is 0 Å². The molecule has 0 bridgehead atoms. The highest BCUT2D eigenvalue weighted by Gasteiger charge is 2.41. The van der Waals surface area contributed by atoms with E-state index in [-0.39, 0.29) is 0 Å². The third kappa shape index (κ3) is 5.05. The summed E-state index contributed by atoms with van der Waals surface area (Å²) in [5.41, 5.74) is 0.298. The van der Waals surface area contributed by atoms with Crippen LogP contribution in [0.1, 0.15) is 11.7 Å². The van der Waals surface area contributed by atoms with Gasteiger partial charge in [0.25, 0.3) is 0 Å². The van der Waals surface area contributed by atoms with Crippen LogP contribution in [0.3, 0.4) is 0 Å². The van der Waals surface area contributed by atoms with E-state index in [1.54, 1.807) is 6.07 Å². The molecule has 0 aliphatic carbocycles. The summed E-state index contributed by atoms with van der Waals surface area (Å²) in [6.45, 7) is -2.03. The summed E-state index contributed by atoms with van der Waals surface area (Å²) >= 11 is 0. The molecule has 0 aromatic heterocycles. The highest BCUT2D eigenvalue weighted by molar-refractivity contribution is 5.39. The molecule has 0 saturated heterocycles. The monoisotopic (exact) mass is 312 g/mol. The predicted molar refractivity (Wildman–Crippen MR) is 66.3 cm³/mol. The van der Waals surface area contributed by atoms with Gasteiger partial charge in [-0.25, -0.2) is 8.78 Å². The molecular weight excluding hydrogens is 296 g/mol. The van der Waals surface area contributed by atoms with E-state index < -0.39 is 31.7 Å². The molecule has 8 heteroatoms. The van der Waals surface area contributed by atoms with E-state index in [9.17, 15) is 22.7 Å². The van der Waals surface area contributed by atoms with Crippen LogP contribution in [-0.2, 0) is 4.74 Å². The highest BCUT2D eigenvalue weighted by Crippen LogP contribution is 2.27. The van der Waals surface area contributed by atoms with Crippen LogP contribution >= 0.6 is 0 Å². The van der Waals surface area contributed by atoms with Gasteiger partial charge in [0.1, 0.15) is 24.2 Å². The Balaban J connectivity index is 2.65. The Morgan fingerprint density at radius 2 is 1.62 bits per heavy atom. The van der Waals surface area contributed by atoms with E-state index in [0.717, 1.165) is 0 Å². The Kier molecular flexibility index (Phi) is 6.22. The first-order chi connectivity index (χ1) is 9.80. The lowest BCUT2D eigenvalue weighted by atomic mass is 10.1. The Bertz CT molecular complexity index is 432. The maximum Gasteiger partial charge on any atom is 0.330 e. The molecule has 1 N–H and O–H groups in total. The number of benzene rings is 1. The normalized spacial score (nSPS) is 13.3. The number of methoxy groups -OCH3 is 2. The number of hydrogen-bond acceptors (Lipinski definition) is 4. The van der Waals surface area contributed by atoms with Crippen LogP contribution in [0.15, 0.2) is 18.2 Å². The van der Waals surface area contributed by atoms with Gasteiger partial charge in [0.15, 0.2) is 0 Å². The maximum atomic E-state index is 12.6. The second-order valence-corrected chi connectivity index (χ2v) is 4.24. The molecule has 0 saturated carbocycles. The van der Waals surface area contributed by atoms with Crippen LogP contribution in [0.2, 0.25) is 0 Å². The summed E-state index contributed by atoms with van der Waals surface area (Å²) in [4.78, 5) is 0. The van der Waals surface area contributed by atoms with Crippen LogP contribution in [0.4, 0.5) is 17.6 Å². The molecule has 1 aromatic carbocycles. The topological polar surface area (TPSA) is 47.9 Å². The minimum absolute atomic E-state index is 0.298. The minimum Gasteiger partial charge on any atom is -0.497 e. The molecule has 4 nitrogen and oxygen atoms in total. The van der Waals surface area contributed by atoms with E-state index in [1.165, 1.54) is 26.4 Å². The van der Waals surface area contributed by atoms with Crippen molar-refractivity contribution in [3.05, 3.63) is 23.8 Å². The molecule has 1 rings (SSSR count). The van der Waals surface area contributed by atoms with Crippen molar-refractivity contribution in [1.82, 2.24) is 0 Å². The molecule has 0 aliphatic heterocycles. The van der Waals surface area contributed by atoms with Gasteiger partial charge in [-0.2, -0.15) is 8.78 Å². The highest BCUT2D eigenvalue weighted by atomic mass is 19.3. The fourth-order valence-electron chi connectivity index (χ4n) is 1.49. The molecule has 0 aliphatic rings. The lowest BCUT2D eigenvalue weighted by Crippen LogP contribution is -2.33. The molecule has 1 unspecified atom stereocenters. The summed E-state index contributed by atoms with van der Waals surface area (Å²) in [5, 5.41) is 9.83. The molecule has 21 heavy (non-hydrogen) atoms. The van der Waals surface area contributed by atoms with Crippen LogP contribution in [0.5, 0.6) is 11.5 Å². The smallest absolute Gasteiger partial charge is 0.330 e. The van der Waals surface area contributed by atoms with Gasteiger partial charge in [-0.1, -0.05) is 0 Å². The van der Waals surface area contributed by atoms with Gasteiger partial charge in [-0.3, -0.25) is 0 Å². The van der Waals surface area contributed by atoms with E-state index >= 15 is 0 Å². The fourth-order valence-corrected chi connectivity index (χ4v) is 1.49. The molecule has 0 fully saturated rings. The lowest BCUT2D eigenvalue weighted by Gasteiger charge is -2.18. The quantitative estimate of drug-likeness (QED) is 0.750. The summed E-state index contributed by atoms with van der Waals surface area (Å²) in [7, 11) is 2.81. The van der Waals surface area contributed by atoms with Crippen LogP contribution < -0.4 is 9.47 Å². The molecule has 1 atom stereocenters. The zero-order chi connectivity index (χ0) is 16.0. The van der Waals surface area contributed by atoms with Gasteiger partial charge in [0.05, 0.1) is 20.8 Å². The number of aliphatic hydroxyl groups excluding tert-OH is 1. The third-order valence-electron chi connectivity index (χ3n) is 2.65. The van der Waals surface area contributed by atoms with Crippen molar-refractivity contribution in [3.8, 4) is 11.5 Å². The number of hydrogen-bond donors (Lipinski definition) is 1. The van der Waals surface area contributed by atoms with Gasteiger partial charge in [-0.05, 0) is 17.7 Å². The van der Waals surface area contributed by atoms with Crippen molar-refractivity contribution in [3.63, 3.8) is 0 Å². The van der Waals surface area contributed by atoms with Gasteiger partial charge in [0, 0.05) is 6.07 Å². The molecule has 0 radical (unpaired) electrons. The first-order valence-electron chi connectivity index (χ1n) is 5.95. The first-order valence-corrected chi connectivity index (χ1v) is 5.95. The summed E-state index contributed by atoms with van der Waals surface area (Å²) in [5.74, 6) is -3.46. The van der Waals surface area contributed by atoms with Gasteiger partial charge < -0.3 is 19.3 Å². The molecule has 0 spiro atoms. The van der Waals surface area contributed by atoms with Crippen molar-refractivity contribution < 1.29 is 36.9 Å². The zero-order valence-corrected chi connectivity index (χ0v) is 11.5. The Labute approximate surface area is 119 Å². The Hall–Kier alpha value is -1.54. The number of rotatable bonds is 8. The molecule has 0 heterocycles. The fraction of sp³-hybridized carbons (Fsp3) is 0.538. The Morgan fingerprint density at radius 3 is 2.05 bits per heavy atom. The maximum absolute atomic E-state index is 12.6. The van der Waals surface area contributed by atoms with Crippen molar-refractivity contribution in [2.75, 3.05) is 27.4 Å². The average Bonchev–Trinajstić information content (AvgIpc) is 2.46. The zero-order valence-electron chi connectivity index (χ0n) is 11.5. The van der Waals surface area contributed by atoms with E-state index in [0.29, 0.717) is 17.1 Å². The molecule has 1 aromatic rings. The van der Waals surface area contributed by atoms with Crippen LogP contribution in [0, 0.1) is 0 Å². The Morgan fingerprint density at radius 1 is 1.10 bits per heavy atom. The number of ether oxygens (including phenoxy) is 3. The second-order valence-electron chi connectivity index (χ2n) is 4.24. The SMILES string of the molecule is COc1cc(OC)cc(C(O)COCC(F)(F)C(F)F)c1. The first kappa shape index (κ1) is 17.5. The van der Waals surface area contributed by atoms with Gasteiger partial charge in [-0.15, -0.1) is 0 Å². The van der Waals surface area contributed by atoms with Crippen molar-refractivity contribution in [2.45, 2.75) is 18.5 Å².